The van der Waals surface area contributed by atoms with Crippen molar-refractivity contribution in [1.82, 2.24) is 5.32 Å². The van der Waals surface area contributed by atoms with Gasteiger partial charge in [-0.3, -0.25) is 14.4 Å². The molecule has 0 aliphatic heterocycles. The first kappa shape index (κ1) is 29.8. The topological polar surface area (TPSA) is 126 Å². The van der Waals surface area contributed by atoms with Crippen molar-refractivity contribution in [3.8, 4) is 17.2 Å². The number of rotatable bonds is 11. The van der Waals surface area contributed by atoms with Crippen LogP contribution in [-0.2, 0) is 9.59 Å². The first-order valence-electron chi connectivity index (χ1n) is 12.8. The summed E-state index contributed by atoms with van der Waals surface area (Å²) in [7, 11) is 3.00. The van der Waals surface area contributed by atoms with Gasteiger partial charge in [-0.05, 0) is 60.7 Å². The van der Waals surface area contributed by atoms with Crippen LogP contribution in [0.3, 0.4) is 0 Å². The lowest BCUT2D eigenvalue weighted by Gasteiger charge is -2.13. The predicted molar refractivity (Wildman–Crippen MR) is 164 cm³/mol. The van der Waals surface area contributed by atoms with Gasteiger partial charge in [0.05, 0.1) is 20.0 Å². The third kappa shape index (κ3) is 8.39. The Hall–Kier alpha value is -5.22. The highest BCUT2D eigenvalue weighted by Gasteiger charge is 2.17. The Morgan fingerprint density at radius 1 is 0.810 bits per heavy atom. The number of hydrogen-bond acceptors (Lipinski definition) is 7. The zero-order valence-electron chi connectivity index (χ0n) is 22.9. The molecule has 4 N–H and O–H groups in total. The van der Waals surface area contributed by atoms with E-state index < -0.39 is 11.8 Å². The molecular weight excluding hydrogens is 554 g/mol. The molecule has 0 spiro atoms. The lowest BCUT2D eigenvalue weighted by molar-refractivity contribution is -0.114. The fourth-order valence-corrected chi connectivity index (χ4v) is 4.58. The Morgan fingerprint density at radius 2 is 1.55 bits per heavy atom. The number of nitrogens with one attached hydrogen (secondary N) is 3. The number of aromatic hydroxyl groups is 1. The number of carbonyl (C=O) groups excluding carboxylic acids is 3. The summed E-state index contributed by atoms with van der Waals surface area (Å²) in [6.45, 7) is 0. The molecule has 4 rings (SSSR count). The molecule has 0 saturated heterocycles. The van der Waals surface area contributed by atoms with Gasteiger partial charge in [0.15, 0.2) is 0 Å². The summed E-state index contributed by atoms with van der Waals surface area (Å²) in [5, 5.41) is 18.1. The van der Waals surface area contributed by atoms with Gasteiger partial charge in [0, 0.05) is 39.5 Å². The average molecular weight is 584 g/mol. The Kier molecular flexibility index (Phi) is 10.2. The van der Waals surface area contributed by atoms with Crippen molar-refractivity contribution < 1.29 is 29.0 Å². The number of phenolic OH excluding ortho intramolecular Hbond substituents is 1. The van der Waals surface area contributed by atoms with Crippen LogP contribution in [0.4, 0.5) is 11.4 Å². The summed E-state index contributed by atoms with van der Waals surface area (Å²) in [5.74, 6) is -0.142. The highest BCUT2D eigenvalue weighted by atomic mass is 32.2. The zero-order chi connectivity index (χ0) is 29.9. The number of thioether (sulfide) groups is 1. The molecule has 10 heteroatoms. The van der Waals surface area contributed by atoms with Crippen LogP contribution in [0.1, 0.15) is 15.9 Å². The van der Waals surface area contributed by atoms with Crippen LogP contribution >= 0.6 is 11.8 Å². The van der Waals surface area contributed by atoms with Gasteiger partial charge < -0.3 is 30.5 Å². The highest BCUT2D eigenvalue weighted by Crippen LogP contribution is 2.27. The molecule has 0 fully saturated rings. The average Bonchev–Trinajstić information content (AvgIpc) is 3.01. The van der Waals surface area contributed by atoms with E-state index in [1.807, 2.05) is 6.07 Å². The summed E-state index contributed by atoms with van der Waals surface area (Å²) < 4.78 is 10.5. The molecule has 42 heavy (non-hydrogen) atoms. The van der Waals surface area contributed by atoms with Crippen LogP contribution in [0, 0.1) is 0 Å². The largest absolute Gasteiger partial charge is 0.508 e. The number of hydrogen-bond donors (Lipinski definition) is 4. The summed E-state index contributed by atoms with van der Waals surface area (Å²) in [5.41, 5.74) is 1.90. The second-order valence-electron chi connectivity index (χ2n) is 8.86. The van der Waals surface area contributed by atoms with E-state index in [0.717, 1.165) is 4.90 Å². The lowest BCUT2D eigenvalue weighted by Crippen LogP contribution is -2.30. The normalized spacial score (nSPS) is 10.9. The maximum atomic E-state index is 13.4. The molecule has 0 aromatic heterocycles. The van der Waals surface area contributed by atoms with Crippen LogP contribution in [0.15, 0.2) is 108 Å². The molecule has 4 aromatic rings. The van der Waals surface area contributed by atoms with E-state index >= 15 is 0 Å². The molecule has 214 valence electrons. The number of ether oxygens (including phenoxy) is 2. The van der Waals surface area contributed by atoms with Crippen molar-refractivity contribution in [3.63, 3.8) is 0 Å². The molecule has 9 nitrogen and oxygen atoms in total. The van der Waals surface area contributed by atoms with Crippen molar-refractivity contribution in [1.29, 1.82) is 0 Å². The van der Waals surface area contributed by atoms with Gasteiger partial charge in [0.1, 0.15) is 22.9 Å². The van der Waals surface area contributed by atoms with Gasteiger partial charge >= 0.3 is 0 Å². The van der Waals surface area contributed by atoms with Gasteiger partial charge in [-0.15, -0.1) is 11.8 Å². The van der Waals surface area contributed by atoms with Crippen LogP contribution in [0.2, 0.25) is 0 Å². The second kappa shape index (κ2) is 14.4. The summed E-state index contributed by atoms with van der Waals surface area (Å²) in [4.78, 5) is 39.6. The van der Waals surface area contributed by atoms with E-state index in [0.29, 0.717) is 34.0 Å². The number of carbonyl (C=O) groups is 3. The summed E-state index contributed by atoms with van der Waals surface area (Å²) in [6.07, 6.45) is 1.47. The molecule has 4 aromatic carbocycles. The number of phenols is 1. The number of methoxy groups -OCH3 is 2. The van der Waals surface area contributed by atoms with Gasteiger partial charge in [0.25, 0.3) is 11.8 Å². The number of anilines is 2. The molecular formula is C32H29N3O6S. The molecule has 0 unspecified atom stereocenters. The first-order chi connectivity index (χ1) is 20.3. The van der Waals surface area contributed by atoms with E-state index in [1.165, 1.54) is 37.1 Å². The van der Waals surface area contributed by atoms with E-state index in [4.69, 9.17) is 9.47 Å². The molecule has 0 saturated carbocycles. The molecule has 0 radical (unpaired) electrons. The van der Waals surface area contributed by atoms with Crippen LogP contribution in [-0.4, -0.2) is 42.8 Å². The number of amides is 3. The van der Waals surface area contributed by atoms with Gasteiger partial charge in [-0.2, -0.15) is 0 Å². The fourth-order valence-electron chi connectivity index (χ4n) is 3.83. The van der Waals surface area contributed by atoms with Gasteiger partial charge in [-0.25, -0.2) is 0 Å². The Labute approximate surface area is 247 Å². The van der Waals surface area contributed by atoms with Crippen molar-refractivity contribution >= 4 is 46.9 Å². The standard InChI is InChI=1S/C32H29N3O6S/c1-40-26-12-6-10-23(17-26)33-30(37)20-42-27-13-7-11-24(18-27)34-32(39)28(35-31(38)21-8-4-3-5-9-21)16-22-14-15-25(36)19-29(22)41-2/h3-19,36H,20H2,1-2H3,(H,33,37)(H,34,39)(H,35,38)/b28-16+. The fraction of sp³-hybridized carbons (Fsp3) is 0.0938. The highest BCUT2D eigenvalue weighted by molar-refractivity contribution is 8.00. The molecule has 0 atom stereocenters. The van der Waals surface area contributed by atoms with E-state index in [-0.39, 0.29) is 23.1 Å². The lowest BCUT2D eigenvalue weighted by atomic mass is 10.1. The summed E-state index contributed by atoms with van der Waals surface area (Å²) >= 11 is 1.31. The monoisotopic (exact) mass is 583 g/mol. The maximum Gasteiger partial charge on any atom is 0.272 e. The Bertz CT molecular complexity index is 1610. The van der Waals surface area contributed by atoms with Crippen molar-refractivity contribution in [3.05, 3.63) is 114 Å². The minimum Gasteiger partial charge on any atom is -0.508 e. The molecule has 0 aliphatic carbocycles. The van der Waals surface area contributed by atoms with Crippen molar-refractivity contribution in [2.24, 2.45) is 0 Å². The smallest absolute Gasteiger partial charge is 0.272 e. The van der Waals surface area contributed by atoms with Gasteiger partial charge in [-0.1, -0.05) is 30.3 Å². The minimum atomic E-state index is -0.577. The molecule has 0 aliphatic rings. The molecule has 3 amide bonds. The predicted octanol–water partition coefficient (Wildman–Crippen LogP) is 5.55. The van der Waals surface area contributed by atoms with Crippen LogP contribution in [0.5, 0.6) is 17.2 Å². The third-order valence-corrected chi connectivity index (χ3v) is 6.85. The molecule has 0 heterocycles. The maximum absolute atomic E-state index is 13.4. The van der Waals surface area contributed by atoms with E-state index in [9.17, 15) is 19.5 Å². The van der Waals surface area contributed by atoms with E-state index in [2.05, 4.69) is 16.0 Å². The minimum absolute atomic E-state index is 0.00480. The first-order valence-corrected chi connectivity index (χ1v) is 13.8. The zero-order valence-corrected chi connectivity index (χ0v) is 23.7. The Balaban J connectivity index is 1.48. The quantitative estimate of drug-likeness (QED) is 0.135. The van der Waals surface area contributed by atoms with Crippen LogP contribution in [0.25, 0.3) is 6.08 Å². The molecule has 0 bridgehead atoms. The summed E-state index contributed by atoms with van der Waals surface area (Å²) in [6, 6.07) is 27.0. The number of benzene rings is 4. The van der Waals surface area contributed by atoms with Gasteiger partial charge in [0.2, 0.25) is 5.91 Å². The second-order valence-corrected chi connectivity index (χ2v) is 9.90. The van der Waals surface area contributed by atoms with Crippen molar-refractivity contribution in [2.45, 2.75) is 4.90 Å². The SMILES string of the molecule is COc1cccc(NC(=O)CSc2cccc(NC(=O)/C(=C\c3ccc(O)cc3OC)NC(=O)c3ccccc3)c2)c1. The third-order valence-electron chi connectivity index (χ3n) is 5.86. The van der Waals surface area contributed by atoms with E-state index in [1.54, 1.807) is 86.0 Å². The Morgan fingerprint density at radius 3 is 2.29 bits per heavy atom. The van der Waals surface area contributed by atoms with Crippen molar-refractivity contribution in [2.75, 3.05) is 30.6 Å². The van der Waals surface area contributed by atoms with Crippen LogP contribution < -0.4 is 25.4 Å².